The first-order valence-corrected chi connectivity index (χ1v) is 9.73. The molecule has 0 N–H and O–H groups in total. The Labute approximate surface area is 168 Å². The van der Waals surface area contributed by atoms with Gasteiger partial charge in [0.05, 0.1) is 0 Å². The molecular formula is C21H15Br2N3. The van der Waals surface area contributed by atoms with Crippen LogP contribution in [0.2, 0.25) is 0 Å². The molecule has 0 fully saturated rings. The first kappa shape index (κ1) is 17.2. The molecule has 0 bridgehead atoms. The van der Waals surface area contributed by atoms with Gasteiger partial charge in [-0.15, -0.1) is 0 Å². The molecule has 0 radical (unpaired) electrons. The van der Waals surface area contributed by atoms with Gasteiger partial charge in [-0.05, 0) is 48.4 Å². The van der Waals surface area contributed by atoms with Crippen molar-refractivity contribution in [2.75, 3.05) is 0 Å². The highest BCUT2D eigenvalue weighted by Gasteiger charge is 2.13. The third kappa shape index (κ3) is 3.50. The lowest BCUT2D eigenvalue weighted by atomic mass is 10.1. The maximum atomic E-state index is 4.81. The summed E-state index contributed by atoms with van der Waals surface area (Å²) in [5, 5.41) is 0. The van der Waals surface area contributed by atoms with E-state index in [1.54, 1.807) is 0 Å². The summed E-state index contributed by atoms with van der Waals surface area (Å²) in [5.74, 6) is 0.821. The van der Waals surface area contributed by atoms with Crippen LogP contribution >= 0.6 is 31.9 Å². The third-order valence-corrected chi connectivity index (χ3v) is 5.01. The van der Waals surface area contributed by atoms with Gasteiger partial charge in [-0.2, -0.15) is 0 Å². The van der Waals surface area contributed by atoms with Gasteiger partial charge >= 0.3 is 0 Å². The molecule has 0 aliphatic carbocycles. The molecule has 0 atom stereocenters. The number of hydrogen-bond donors (Lipinski definition) is 0. The summed E-state index contributed by atoms with van der Waals surface area (Å²) >= 11 is 7.05. The average molecular weight is 469 g/mol. The van der Waals surface area contributed by atoms with Crippen molar-refractivity contribution in [1.29, 1.82) is 0 Å². The summed E-state index contributed by atoms with van der Waals surface area (Å²) in [7, 11) is 0. The number of hydrogen-bond acceptors (Lipinski definition) is 2. The molecule has 128 valence electrons. The Morgan fingerprint density at radius 3 is 2.50 bits per heavy atom. The van der Waals surface area contributed by atoms with Crippen LogP contribution in [0.15, 0.2) is 80.8 Å². The van der Waals surface area contributed by atoms with Gasteiger partial charge in [-0.3, -0.25) is 4.40 Å². The molecular weight excluding hydrogens is 454 g/mol. The van der Waals surface area contributed by atoms with Crippen molar-refractivity contribution in [2.45, 2.75) is 6.92 Å². The van der Waals surface area contributed by atoms with E-state index in [0.29, 0.717) is 0 Å². The summed E-state index contributed by atoms with van der Waals surface area (Å²) < 4.78 is 4.09. The van der Waals surface area contributed by atoms with Gasteiger partial charge in [0, 0.05) is 26.9 Å². The minimum absolute atomic E-state index is 0.821. The van der Waals surface area contributed by atoms with Crippen molar-refractivity contribution in [3.63, 3.8) is 0 Å². The van der Waals surface area contributed by atoms with E-state index in [4.69, 9.17) is 9.98 Å². The number of pyridine rings is 1. The second kappa shape index (κ2) is 7.17. The predicted molar refractivity (Wildman–Crippen MR) is 114 cm³/mol. The number of benzene rings is 2. The van der Waals surface area contributed by atoms with Crippen LogP contribution in [0.5, 0.6) is 0 Å². The van der Waals surface area contributed by atoms with Crippen molar-refractivity contribution < 1.29 is 0 Å². The van der Waals surface area contributed by atoms with Gasteiger partial charge in [-0.1, -0.05) is 62.2 Å². The fraction of sp³-hybridized carbons (Fsp3) is 0.0476. The Bertz CT molecular complexity index is 1130. The molecule has 4 aromatic rings. The second-order valence-electron chi connectivity index (χ2n) is 6.04. The zero-order valence-corrected chi connectivity index (χ0v) is 17.2. The fourth-order valence-corrected chi connectivity index (χ4v) is 3.63. The monoisotopic (exact) mass is 467 g/mol. The van der Waals surface area contributed by atoms with Crippen molar-refractivity contribution in [1.82, 2.24) is 9.38 Å². The molecule has 0 spiro atoms. The van der Waals surface area contributed by atoms with Crippen molar-refractivity contribution in [3.8, 4) is 11.3 Å². The molecule has 2 heterocycles. The van der Waals surface area contributed by atoms with E-state index in [1.165, 1.54) is 0 Å². The number of aryl methyl sites for hydroxylation is 1. The minimum Gasteiger partial charge on any atom is -0.284 e. The lowest BCUT2D eigenvalue weighted by molar-refractivity contribution is 1.14. The maximum absolute atomic E-state index is 4.81. The number of rotatable bonds is 3. The second-order valence-corrected chi connectivity index (χ2v) is 7.87. The molecule has 0 saturated carbocycles. The SMILES string of the molecule is Cc1ccc2nc(-c3cccc(Br)c3)c(/N=C/c3cccc(Br)c3)n2c1. The van der Waals surface area contributed by atoms with Crippen LogP contribution in [0.25, 0.3) is 16.9 Å². The average Bonchev–Trinajstić information content (AvgIpc) is 2.98. The molecule has 0 saturated heterocycles. The Morgan fingerprint density at radius 2 is 1.73 bits per heavy atom. The van der Waals surface area contributed by atoms with Crippen LogP contribution in [0.4, 0.5) is 5.82 Å². The topological polar surface area (TPSA) is 29.7 Å². The standard InChI is InChI=1S/C21H15Br2N3/c1-14-8-9-19-25-20(16-5-3-7-18(23)11-16)21(26(19)13-14)24-12-15-4-2-6-17(22)10-15/h2-13H,1H3/b24-12+. The molecule has 2 aromatic carbocycles. The molecule has 0 aliphatic heterocycles. The fourth-order valence-electron chi connectivity index (χ4n) is 2.81. The van der Waals surface area contributed by atoms with Gasteiger partial charge in [0.25, 0.3) is 0 Å². The van der Waals surface area contributed by atoms with E-state index >= 15 is 0 Å². The Hall–Kier alpha value is -2.24. The first-order chi connectivity index (χ1) is 12.6. The smallest absolute Gasteiger partial charge is 0.165 e. The van der Waals surface area contributed by atoms with Crippen molar-refractivity contribution >= 4 is 49.5 Å². The summed E-state index contributed by atoms with van der Waals surface area (Å²) in [5.41, 5.74) is 4.97. The molecule has 5 heteroatoms. The van der Waals surface area contributed by atoms with Crippen molar-refractivity contribution in [2.24, 2.45) is 4.99 Å². The lowest BCUT2D eigenvalue weighted by Crippen LogP contribution is -1.87. The van der Waals surface area contributed by atoms with Gasteiger partial charge in [0.2, 0.25) is 0 Å². The largest absolute Gasteiger partial charge is 0.284 e. The molecule has 4 rings (SSSR count). The zero-order chi connectivity index (χ0) is 18.1. The molecule has 0 unspecified atom stereocenters. The van der Waals surface area contributed by atoms with Crippen molar-refractivity contribution in [3.05, 3.63) is 86.9 Å². The van der Waals surface area contributed by atoms with E-state index in [-0.39, 0.29) is 0 Å². The number of nitrogens with zero attached hydrogens (tertiary/aromatic N) is 3. The molecule has 0 aliphatic rings. The summed E-state index contributed by atoms with van der Waals surface area (Å²) in [6, 6.07) is 20.3. The number of fused-ring (bicyclic) bond motifs is 1. The van der Waals surface area contributed by atoms with E-state index in [0.717, 1.165) is 42.8 Å². The number of halogens is 2. The minimum atomic E-state index is 0.821. The molecule has 2 aromatic heterocycles. The Morgan fingerprint density at radius 1 is 0.962 bits per heavy atom. The van der Waals surface area contributed by atoms with Crippen LogP contribution in [0.3, 0.4) is 0 Å². The van der Waals surface area contributed by atoms with Crippen LogP contribution < -0.4 is 0 Å². The Kier molecular flexibility index (Phi) is 4.74. The van der Waals surface area contributed by atoms with Gasteiger partial charge < -0.3 is 0 Å². The lowest BCUT2D eigenvalue weighted by Gasteiger charge is -2.02. The quantitative estimate of drug-likeness (QED) is 0.312. The molecule has 0 amide bonds. The predicted octanol–water partition coefficient (Wildman–Crippen LogP) is 6.59. The summed E-state index contributed by atoms with van der Waals surface area (Å²) in [6.07, 6.45) is 3.94. The molecule has 26 heavy (non-hydrogen) atoms. The van der Waals surface area contributed by atoms with Gasteiger partial charge in [-0.25, -0.2) is 9.98 Å². The Balaban J connectivity index is 1.90. The normalized spacial score (nSPS) is 11.5. The first-order valence-electron chi connectivity index (χ1n) is 8.14. The van der Waals surface area contributed by atoms with Gasteiger partial charge in [0.1, 0.15) is 11.3 Å². The van der Waals surface area contributed by atoms with Crippen LogP contribution in [0, 0.1) is 6.92 Å². The number of aromatic nitrogens is 2. The van der Waals surface area contributed by atoms with E-state index < -0.39 is 0 Å². The van der Waals surface area contributed by atoms with E-state index in [2.05, 4.69) is 63.2 Å². The zero-order valence-electron chi connectivity index (χ0n) is 14.0. The third-order valence-electron chi connectivity index (χ3n) is 4.02. The van der Waals surface area contributed by atoms with Crippen LogP contribution in [-0.4, -0.2) is 15.6 Å². The highest BCUT2D eigenvalue weighted by molar-refractivity contribution is 9.10. The van der Waals surface area contributed by atoms with Crippen LogP contribution in [-0.2, 0) is 0 Å². The van der Waals surface area contributed by atoms with Crippen LogP contribution in [0.1, 0.15) is 11.1 Å². The maximum Gasteiger partial charge on any atom is 0.165 e. The van der Waals surface area contributed by atoms with Gasteiger partial charge in [0.15, 0.2) is 5.82 Å². The summed E-state index contributed by atoms with van der Waals surface area (Å²) in [4.78, 5) is 9.61. The highest BCUT2D eigenvalue weighted by Crippen LogP contribution is 2.32. The number of aliphatic imine (C=N–C) groups is 1. The van der Waals surface area contributed by atoms with E-state index in [9.17, 15) is 0 Å². The van der Waals surface area contributed by atoms with E-state index in [1.807, 2.05) is 53.1 Å². The molecule has 3 nitrogen and oxygen atoms in total. The highest BCUT2D eigenvalue weighted by atomic mass is 79.9. The number of imidazole rings is 1. The summed E-state index contributed by atoms with van der Waals surface area (Å²) in [6.45, 7) is 2.07.